The van der Waals surface area contributed by atoms with Gasteiger partial charge in [0.1, 0.15) is 5.75 Å². The van der Waals surface area contributed by atoms with Gasteiger partial charge in [-0.25, -0.2) is 0 Å². The number of hydrogen-bond acceptors (Lipinski definition) is 4. The third kappa shape index (κ3) is 3.23. The van der Waals surface area contributed by atoms with E-state index in [9.17, 15) is 0 Å². The summed E-state index contributed by atoms with van der Waals surface area (Å²) in [6.45, 7) is 4.45. The molecule has 16 heavy (non-hydrogen) atoms. The number of morpholine rings is 1. The molecule has 1 fully saturated rings. The zero-order valence-electron chi connectivity index (χ0n) is 9.13. The van der Waals surface area contributed by atoms with Gasteiger partial charge in [-0.05, 0) is 17.7 Å². The van der Waals surface area contributed by atoms with Crippen LogP contribution in [0.5, 0.6) is 5.75 Å². The van der Waals surface area contributed by atoms with Gasteiger partial charge in [0.15, 0.2) is 0 Å². The van der Waals surface area contributed by atoms with Crippen molar-refractivity contribution < 1.29 is 14.4 Å². The largest absolute Gasteiger partial charge is 0.569 e. The second-order valence-electron chi connectivity index (χ2n) is 3.76. The van der Waals surface area contributed by atoms with Gasteiger partial charge < -0.3 is 14.4 Å². The van der Waals surface area contributed by atoms with Crippen LogP contribution in [0.2, 0.25) is 0 Å². The summed E-state index contributed by atoms with van der Waals surface area (Å²) < 4.78 is 10.2. The minimum Gasteiger partial charge on any atom is -0.537 e. The van der Waals surface area contributed by atoms with E-state index in [0.29, 0.717) is 13.4 Å². The lowest BCUT2D eigenvalue weighted by Gasteiger charge is -2.26. The first-order valence-electron chi connectivity index (χ1n) is 5.40. The Bertz CT molecular complexity index is 329. The van der Waals surface area contributed by atoms with Gasteiger partial charge in [-0.1, -0.05) is 12.1 Å². The van der Waals surface area contributed by atoms with E-state index in [1.165, 1.54) is 5.56 Å². The molecule has 2 rings (SSSR count). The molecule has 1 aliphatic rings. The lowest BCUT2D eigenvalue weighted by molar-refractivity contribution is 0.0342. The molecular weight excluding hydrogens is 205 g/mol. The van der Waals surface area contributed by atoms with Crippen molar-refractivity contribution in [2.75, 3.05) is 26.3 Å². The van der Waals surface area contributed by atoms with Crippen LogP contribution in [-0.2, 0) is 11.3 Å². The first kappa shape index (κ1) is 11.5. The molecule has 0 aliphatic carbocycles. The average Bonchev–Trinajstić information content (AvgIpc) is 2.31. The van der Waals surface area contributed by atoms with Crippen LogP contribution in [0.1, 0.15) is 5.56 Å². The Morgan fingerprint density at radius 1 is 1.38 bits per heavy atom. The molecule has 0 aromatic heterocycles. The van der Waals surface area contributed by atoms with Crippen molar-refractivity contribution in [2.45, 2.75) is 6.54 Å². The summed E-state index contributed by atoms with van der Waals surface area (Å²) in [5.74, 6) is 0.660. The Morgan fingerprint density at radius 2 is 2.19 bits per heavy atom. The molecular formula is C11H15BNO3. The normalized spacial score (nSPS) is 17.1. The highest BCUT2D eigenvalue weighted by molar-refractivity contribution is 6.17. The van der Waals surface area contributed by atoms with E-state index in [1.807, 2.05) is 18.2 Å². The Kier molecular flexibility index (Phi) is 4.21. The summed E-state index contributed by atoms with van der Waals surface area (Å²) in [4.78, 5) is 2.34. The van der Waals surface area contributed by atoms with Crippen LogP contribution in [0.3, 0.4) is 0 Å². The van der Waals surface area contributed by atoms with Gasteiger partial charge in [-0.15, -0.1) is 0 Å². The van der Waals surface area contributed by atoms with Crippen molar-refractivity contribution in [1.29, 1.82) is 0 Å². The van der Waals surface area contributed by atoms with Crippen LogP contribution in [-0.4, -0.2) is 43.9 Å². The maximum Gasteiger partial charge on any atom is 0.569 e. The van der Waals surface area contributed by atoms with E-state index in [0.717, 1.165) is 32.8 Å². The standard InChI is InChI=1S/C11H15BNO3/c14-12-16-11-3-1-2-10(8-11)9-13-4-6-15-7-5-13/h1-3,8,14H,4-7,9H2. The zero-order chi connectivity index (χ0) is 11.2. The van der Waals surface area contributed by atoms with Crippen LogP contribution in [0, 0.1) is 0 Å². The van der Waals surface area contributed by atoms with E-state index >= 15 is 0 Å². The molecule has 1 aromatic carbocycles. The second-order valence-corrected chi connectivity index (χ2v) is 3.76. The second kappa shape index (κ2) is 5.89. The number of ether oxygens (including phenoxy) is 1. The SMILES string of the molecule is O[B]Oc1cccc(CN2CCOCC2)c1. The molecule has 4 nitrogen and oxygen atoms in total. The molecule has 1 saturated heterocycles. The van der Waals surface area contributed by atoms with Crippen molar-refractivity contribution in [3.05, 3.63) is 29.8 Å². The average molecular weight is 220 g/mol. The maximum atomic E-state index is 8.56. The molecule has 1 N–H and O–H groups in total. The Balaban J connectivity index is 1.94. The van der Waals surface area contributed by atoms with Crippen LogP contribution >= 0.6 is 0 Å². The van der Waals surface area contributed by atoms with Gasteiger partial charge in [-0.3, -0.25) is 4.90 Å². The van der Waals surface area contributed by atoms with Gasteiger partial charge in [0.25, 0.3) is 0 Å². The van der Waals surface area contributed by atoms with Crippen molar-refractivity contribution in [3.8, 4) is 5.75 Å². The molecule has 5 heteroatoms. The number of rotatable bonds is 4. The molecule has 1 heterocycles. The molecule has 1 aliphatic heterocycles. The van der Waals surface area contributed by atoms with Gasteiger partial charge in [0, 0.05) is 19.6 Å². The van der Waals surface area contributed by atoms with E-state index < -0.39 is 0 Å². The molecule has 0 bridgehead atoms. The predicted molar refractivity (Wildman–Crippen MR) is 61.1 cm³/mol. The summed E-state index contributed by atoms with van der Waals surface area (Å²) in [5.41, 5.74) is 1.18. The molecule has 85 valence electrons. The van der Waals surface area contributed by atoms with Crippen LogP contribution in [0.25, 0.3) is 0 Å². The first-order chi connectivity index (χ1) is 7.88. The fraction of sp³-hybridized carbons (Fsp3) is 0.455. The molecule has 0 spiro atoms. The molecule has 0 atom stereocenters. The highest BCUT2D eigenvalue weighted by Gasteiger charge is 2.10. The minimum absolute atomic E-state index is 0.660. The van der Waals surface area contributed by atoms with Gasteiger partial charge in [-0.2, -0.15) is 0 Å². The minimum atomic E-state index is 0.660. The molecule has 0 saturated carbocycles. The summed E-state index contributed by atoms with van der Waals surface area (Å²) in [7, 11) is 0.702. The quantitative estimate of drug-likeness (QED) is 0.747. The predicted octanol–water partition coefficient (Wildman–Crippen LogP) is 0.424. The van der Waals surface area contributed by atoms with Crippen molar-refractivity contribution in [2.24, 2.45) is 0 Å². The number of nitrogens with zero attached hydrogens (tertiary/aromatic N) is 1. The molecule has 1 radical (unpaired) electrons. The number of hydrogen-bond donors (Lipinski definition) is 1. The summed E-state index contributed by atoms with van der Waals surface area (Å²) in [6.07, 6.45) is 0. The Labute approximate surface area is 96.1 Å². The third-order valence-corrected chi connectivity index (χ3v) is 2.60. The highest BCUT2D eigenvalue weighted by atomic mass is 16.5. The smallest absolute Gasteiger partial charge is 0.537 e. The molecule has 1 aromatic rings. The van der Waals surface area contributed by atoms with Crippen LogP contribution in [0.15, 0.2) is 24.3 Å². The molecule has 0 unspecified atom stereocenters. The van der Waals surface area contributed by atoms with Crippen molar-refractivity contribution >= 4 is 7.69 Å². The van der Waals surface area contributed by atoms with E-state index in [-0.39, 0.29) is 0 Å². The zero-order valence-corrected chi connectivity index (χ0v) is 9.13. The first-order valence-corrected chi connectivity index (χ1v) is 5.40. The third-order valence-electron chi connectivity index (χ3n) is 2.60. The fourth-order valence-electron chi connectivity index (χ4n) is 1.80. The highest BCUT2D eigenvalue weighted by Crippen LogP contribution is 2.15. The van der Waals surface area contributed by atoms with Gasteiger partial charge in [0.05, 0.1) is 13.2 Å². The van der Waals surface area contributed by atoms with Crippen LogP contribution < -0.4 is 4.65 Å². The summed E-state index contributed by atoms with van der Waals surface area (Å²) >= 11 is 0. The Morgan fingerprint density at radius 3 is 2.94 bits per heavy atom. The van der Waals surface area contributed by atoms with Crippen LogP contribution in [0.4, 0.5) is 0 Å². The summed E-state index contributed by atoms with van der Waals surface area (Å²) in [5, 5.41) is 8.56. The lowest BCUT2D eigenvalue weighted by atomic mass is 10.2. The van der Waals surface area contributed by atoms with E-state index in [2.05, 4.69) is 11.0 Å². The van der Waals surface area contributed by atoms with E-state index in [1.54, 1.807) is 0 Å². The fourth-order valence-corrected chi connectivity index (χ4v) is 1.80. The topological polar surface area (TPSA) is 41.9 Å². The van der Waals surface area contributed by atoms with Gasteiger partial charge >= 0.3 is 7.69 Å². The number of benzene rings is 1. The lowest BCUT2D eigenvalue weighted by Crippen LogP contribution is -2.35. The maximum absolute atomic E-state index is 8.56. The van der Waals surface area contributed by atoms with Crippen molar-refractivity contribution in [1.82, 2.24) is 4.90 Å². The molecule has 0 amide bonds. The van der Waals surface area contributed by atoms with Gasteiger partial charge in [0.2, 0.25) is 0 Å². The van der Waals surface area contributed by atoms with E-state index in [4.69, 9.17) is 14.4 Å². The van der Waals surface area contributed by atoms with Crippen molar-refractivity contribution in [3.63, 3.8) is 0 Å². The summed E-state index contributed by atoms with van der Waals surface area (Å²) in [6, 6.07) is 7.73. The Hall–Kier alpha value is -1.04. The monoisotopic (exact) mass is 220 g/mol.